The first-order chi connectivity index (χ1) is 16.3. The molecule has 34 heavy (non-hydrogen) atoms. The summed E-state index contributed by atoms with van der Waals surface area (Å²) >= 11 is 6.26. The Morgan fingerprint density at radius 1 is 1.06 bits per heavy atom. The van der Waals surface area contributed by atoms with Crippen LogP contribution in [0.15, 0.2) is 65.6 Å². The molecule has 2 aromatic carbocycles. The van der Waals surface area contributed by atoms with Crippen molar-refractivity contribution in [3.63, 3.8) is 0 Å². The minimum Gasteiger partial charge on any atom is -0.481 e. The second kappa shape index (κ2) is 11.5. The van der Waals surface area contributed by atoms with Crippen LogP contribution in [0.4, 0.5) is 10.5 Å². The van der Waals surface area contributed by atoms with E-state index in [9.17, 15) is 19.5 Å². The second-order valence-electron chi connectivity index (χ2n) is 8.15. The van der Waals surface area contributed by atoms with Gasteiger partial charge in [0.1, 0.15) is 5.69 Å². The molecule has 3 aromatic rings. The van der Waals surface area contributed by atoms with Crippen LogP contribution < -0.4 is 16.2 Å². The molecule has 1 atom stereocenters. The van der Waals surface area contributed by atoms with Crippen molar-refractivity contribution in [1.29, 1.82) is 0 Å². The van der Waals surface area contributed by atoms with Gasteiger partial charge in [-0.05, 0) is 42.2 Å². The Morgan fingerprint density at radius 2 is 1.76 bits per heavy atom. The van der Waals surface area contributed by atoms with Gasteiger partial charge in [-0.3, -0.25) is 9.59 Å². The van der Waals surface area contributed by atoms with Crippen molar-refractivity contribution in [3.05, 3.63) is 98.4 Å². The number of urea groups is 1. The van der Waals surface area contributed by atoms with Crippen LogP contribution in [-0.2, 0) is 17.8 Å². The van der Waals surface area contributed by atoms with Crippen LogP contribution >= 0.6 is 11.6 Å². The molecule has 1 aromatic heterocycles. The lowest BCUT2D eigenvalue weighted by molar-refractivity contribution is -0.137. The van der Waals surface area contributed by atoms with Crippen molar-refractivity contribution in [1.82, 2.24) is 9.88 Å². The first-order valence-corrected chi connectivity index (χ1v) is 11.5. The zero-order valence-corrected chi connectivity index (χ0v) is 19.9. The summed E-state index contributed by atoms with van der Waals surface area (Å²) in [6.07, 6.45) is 2.80. The fraction of sp³-hybridized carbons (Fsp3) is 0.269. The molecule has 0 fully saturated rings. The van der Waals surface area contributed by atoms with E-state index in [4.69, 9.17) is 11.6 Å². The summed E-state index contributed by atoms with van der Waals surface area (Å²) in [5.74, 6) is -1.04. The van der Waals surface area contributed by atoms with E-state index in [0.717, 1.165) is 17.5 Å². The van der Waals surface area contributed by atoms with Crippen LogP contribution in [0.2, 0.25) is 5.02 Å². The van der Waals surface area contributed by atoms with E-state index in [0.29, 0.717) is 22.6 Å². The Balaban J connectivity index is 1.87. The Hall–Kier alpha value is -3.58. The predicted molar refractivity (Wildman–Crippen MR) is 134 cm³/mol. The summed E-state index contributed by atoms with van der Waals surface area (Å²) in [5.41, 5.74) is 3.00. The third kappa shape index (κ3) is 6.48. The Labute approximate surface area is 203 Å². The monoisotopic (exact) mass is 481 g/mol. The van der Waals surface area contributed by atoms with E-state index < -0.39 is 18.0 Å². The fourth-order valence-electron chi connectivity index (χ4n) is 3.69. The highest BCUT2D eigenvalue weighted by Crippen LogP contribution is 2.20. The molecule has 0 aliphatic rings. The van der Waals surface area contributed by atoms with E-state index in [-0.39, 0.29) is 24.2 Å². The minimum atomic E-state index is -1.04. The molecule has 7 nitrogen and oxygen atoms in total. The van der Waals surface area contributed by atoms with Crippen LogP contribution in [0.1, 0.15) is 48.1 Å². The van der Waals surface area contributed by atoms with Crippen molar-refractivity contribution in [3.8, 4) is 0 Å². The SMILES string of the molecule is CCCc1ccn(Cc2ccccc2Cl)c(=O)c1NC(=O)NC(CC(=O)O)c1ccc(C)cc1. The van der Waals surface area contributed by atoms with Gasteiger partial charge in [-0.25, -0.2) is 4.79 Å². The zero-order chi connectivity index (χ0) is 24.7. The number of rotatable bonds is 9. The minimum absolute atomic E-state index is 0.173. The molecule has 0 saturated heterocycles. The number of anilines is 1. The summed E-state index contributed by atoms with van der Waals surface area (Å²) in [5, 5.41) is 15.3. The van der Waals surface area contributed by atoms with Gasteiger partial charge in [0.2, 0.25) is 0 Å². The van der Waals surface area contributed by atoms with E-state index in [1.54, 1.807) is 24.4 Å². The number of nitrogens with one attached hydrogen (secondary N) is 2. The third-order valence-corrected chi connectivity index (χ3v) is 5.84. The van der Waals surface area contributed by atoms with E-state index >= 15 is 0 Å². The van der Waals surface area contributed by atoms with Gasteiger partial charge < -0.3 is 20.3 Å². The molecule has 0 aliphatic heterocycles. The van der Waals surface area contributed by atoms with Gasteiger partial charge in [-0.15, -0.1) is 0 Å². The molecule has 2 amide bonds. The summed E-state index contributed by atoms with van der Waals surface area (Å²) in [4.78, 5) is 37.6. The number of aromatic nitrogens is 1. The number of hydrogen-bond donors (Lipinski definition) is 3. The smallest absolute Gasteiger partial charge is 0.319 e. The number of pyridine rings is 1. The summed E-state index contributed by atoms with van der Waals surface area (Å²) in [7, 11) is 0. The summed E-state index contributed by atoms with van der Waals surface area (Å²) < 4.78 is 1.49. The lowest BCUT2D eigenvalue weighted by Gasteiger charge is -2.19. The quantitative estimate of drug-likeness (QED) is 0.393. The predicted octanol–water partition coefficient (Wildman–Crippen LogP) is 5.15. The standard InChI is InChI=1S/C26H28ClN3O4/c1-3-6-19-13-14-30(16-20-7-4-5-8-21(20)27)25(33)24(19)29-26(34)28-22(15-23(31)32)18-11-9-17(2)10-12-18/h4-5,7-14,22H,3,6,15-16H2,1-2H3,(H,31,32)(H2,28,29,34). The lowest BCUT2D eigenvalue weighted by Crippen LogP contribution is -2.36. The largest absolute Gasteiger partial charge is 0.481 e. The van der Waals surface area contributed by atoms with Crippen LogP contribution in [0.25, 0.3) is 0 Å². The van der Waals surface area contributed by atoms with Crippen molar-refractivity contribution in [2.24, 2.45) is 0 Å². The molecule has 1 unspecified atom stereocenters. The maximum Gasteiger partial charge on any atom is 0.319 e. The van der Waals surface area contributed by atoms with Gasteiger partial charge in [0.05, 0.1) is 19.0 Å². The molecule has 0 saturated carbocycles. The Morgan fingerprint density at radius 3 is 2.41 bits per heavy atom. The molecule has 0 bridgehead atoms. The molecule has 8 heteroatoms. The van der Waals surface area contributed by atoms with Gasteiger partial charge in [0.15, 0.2) is 0 Å². The van der Waals surface area contributed by atoms with Crippen LogP contribution in [0.5, 0.6) is 0 Å². The highest BCUT2D eigenvalue weighted by atomic mass is 35.5. The number of aryl methyl sites for hydroxylation is 2. The summed E-state index contributed by atoms with van der Waals surface area (Å²) in [6, 6.07) is 15.0. The van der Waals surface area contributed by atoms with Gasteiger partial charge >= 0.3 is 12.0 Å². The number of benzene rings is 2. The summed E-state index contributed by atoms with van der Waals surface area (Å²) in [6.45, 7) is 4.17. The van der Waals surface area contributed by atoms with E-state index in [2.05, 4.69) is 10.6 Å². The van der Waals surface area contributed by atoms with Crippen molar-refractivity contribution < 1.29 is 14.7 Å². The maximum absolute atomic E-state index is 13.3. The zero-order valence-electron chi connectivity index (χ0n) is 19.2. The highest BCUT2D eigenvalue weighted by Gasteiger charge is 2.20. The van der Waals surface area contributed by atoms with Crippen LogP contribution in [0, 0.1) is 6.92 Å². The van der Waals surface area contributed by atoms with Gasteiger partial charge in [-0.1, -0.05) is 73.0 Å². The second-order valence-corrected chi connectivity index (χ2v) is 8.56. The molecule has 178 valence electrons. The Kier molecular flexibility index (Phi) is 8.49. The van der Waals surface area contributed by atoms with Gasteiger partial charge in [-0.2, -0.15) is 0 Å². The number of carbonyl (C=O) groups excluding carboxylic acids is 1. The first kappa shape index (κ1) is 25.1. The third-order valence-electron chi connectivity index (χ3n) is 5.47. The van der Waals surface area contributed by atoms with Crippen LogP contribution in [0.3, 0.4) is 0 Å². The number of amides is 2. The molecule has 3 rings (SSSR count). The molecule has 1 heterocycles. The van der Waals surface area contributed by atoms with E-state index in [1.165, 1.54) is 4.57 Å². The normalized spacial score (nSPS) is 11.6. The average molecular weight is 482 g/mol. The van der Waals surface area contributed by atoms with Crippen molar-refractivity contribution in [2.45, 2.75) is 45.7 Å². The number of carboxylic acids is 1. The van der Waals surface area contributed by atoms with Gasteiger partial charge in [0.25, 0.3) is 5.56 Å². The first-order valence-electron chi connectivity index (χ1n) is 11.1. The molecule has 0 radical (unpaired) electrons. The fourth-order valence-corrected chi connectivity index (χ4v) is 3.89. The topological polar surface area (TPSA) is 100 Å². The number of carboxylic acid groups (broad SMARTS) is 1. The maximum atomic E-state index is 13.3. The molecule has 3 N–H and O–H groups in total. The molecule has 0 spiro atoms. The highest BCUT2D eigenvalue weighted by molar-refractivity contribution is 6.31. The lowest BCUT2D eigenvalue weighted by atomic mass is 10.0. The molecular weight excluding hydrogens is 454 g/mol. The molecular formula is C26H28ClN3O4. The van der Waals surface area contributed by atoms with Crippen molar-refractivity contribution >= 4 is 29.3 Å². The number of hydrogen-bond acceptors (Lipinski definition) is 3. The number of halogens is 1. The van der Waals surface area contributed by atoms with Crippen LogP contribution in [-0.4, -0.2) is 21.7 Å². The number of carbonyl (C=O) groups is 2. The Bertz CT molecular complexity index is 1220. The van der Waals surface area contributed by atoms with Gasteiger partial charge in [0, 0.05) is 11.2 Å². The molecule has 0 aliphatic carbocycles. The number of nitrogens with zero attached hydrogens (tertiary/aromatic N) is 1. The van der Waals surface area contributed by atoms with Crippen molar-refractivity contribution in [2.75, 3.05) is 5.32 Å². The van der Waals surface area contributed by atoms with E-state index in [1.807, 2.05) is 50.2 Å². The number of aliphatic carboxylic acids is 1. The average Bonchev–Trinajstić information content (AvgIpc) is 2.79.